The van der Waals surface area contributed by atoms with E-state index >= 15 is 0 Å². The van der Waals surface area contributed by atoms with Crippen molar-refractivity contribution >= 4 is 35.8 Å². The van der Waals surface area contributed by atoms with E-state index in [1.807, 2.05) is 0 Å². The van der Waals surface area contributed by atoms with Gasteiger partial charge >= 0.3 is 0 Å². The maximum Gasteiger partial charge on any atom is 0.251 e. The molecule has 2 unspecified atom stereocenters. The Morgan fingerprint density at radius 1 is 1.36 bits per heavy atom. The summed E-state index contributed by atoms with van der Waals surface area (Å²) in [5, 5.41) is 6.52. The van der Waals surface area contributed by atoms with Gasteiger partial charge in [-0.25, -0.2) is 0 Å². The minimum Gasteiger partial charge on any atom is -0.341 e. The van der Waals surface area contributed by atoms with Gasteiger partial charge in [-0.05, 0) is 44.2 Å². The Morgan fingerprint density at radius 2 is 2.00 bits per heavy atom. The molecule has 0 saturated carbocycles. The summed E-state index contributed by atoms with van der Waals surface area (Å²) in [6.07, 6.45) is 0.945. The van der Waals surface area contributed by atoms with Gasteiger partial charge in [0.2, 0.25) is 5.91 Å². The molecular weight excluding hydrogens is 325 g/mol. The van der Waals surface area contributed by atoms with Gasteiger partial charge in [0.25, 0.3) is 5.91 Å². The summed E-state index contributed by atoms with van der Waals surface area (Å²) in [4.78, 5) is 26.1. The van der Waals surface area contributed by atoms with Gasteiger partial charge < -0.3 is 15.5 Å². The average Bonchev–Trinajstić information content (AvgIpc) is 3.00. The lowest BCUT2D eigenvalue weighted by atomic mass is 10.1. The molecule has 0 bridgehead atoms. The van der Waals surface area contributed by atoms with Crippen molar-refractivity contribution in [3.8, 4) is 0 Å². The summed E-state index contributed by atoms with van der Waals surface area (Å²) >= 11 is 5.79. The van der Waals surface area contributed by atoms with E-state index in [0.29, 0.717) is 10.6 Å². The van der Waals surface area contributed by atoms with Gasteiger partial charge in [0.15, 0.2) is 0 Å². The molecule has 0 aliphatic carbocycles. The van der Waals surface area contributed by atoms with Crippen molar-refractivity contribution in [2.75, 3.05) is 20.1 Å². The molecule has 1 aliphatic heterocycles. The number of rotatable bonds is 4. The van der Waals surface area contributed by atoms with Crippen LogP contribution in [-0.2, 0) is 4.79 Å². The fourth-order valence-electron chi connectivity index (χ4n) is 2.40. The number of halogens is 2. The predicted octanol–water partition coefficient (Wildman–Crippen LogP) is 1.70. The topological polar surface area (TPSA) is 61.4 Å². The van der Waals surface area contributed by atoms with E-state index < -0.39 is 6.04 Å². The summed E-state index contributed by atoms with van der Waals surface area (Å²) in [6.45, 7) is 3.43. The van der Waals surface area contributed by atoms with Crippen molar-refractivity contribution in [1.82, 2.24) is 15.5 Å². The molecule has 2 rings (SSSR count). The summed E-state index contributed by atoms with van der Waals surface area (Å²) in [6, 6.07) is 6.23. The fourth-order valence-corrected chi connectivity index (χ4v) is 2.52. The van der Waals surface area contributed by atoms with Crippen LogP contribution in [0.2, 0.25) is 5.02 Å². The molecule has 1 aromatic carbocycles. The molecule has 2 N–H and O–H groups in total. The molecule has 1 saturated heterocycles. The van der Waals surface area contributed by atoms with Crippen LogP contribution >= 0.6 is 24.0 Å². The second-order valence-electron chi connectivity index (χ2n) is 5.30. The second-order valence-corrected chi connectivity index (χ2v) is 5.73. The van der Waals surface area contributed by atoms with E-state index in [4.69, 9.17) is 11.6 Å². The number of carbonyl (C=O) groups is 2. The molecule has 1 aromatic rings. The van der Waals surface area contributed by atoms with Gasteiger partial charge in [0, 0.05) is 30.2 Å². The van der Waals surface area contributed by atoms with E-state index in [0.717, 1.165) is 19.5 Å². The highest BCUT2D eigenvalue weighted by Crippen LogP contribution is 2.11. The van der Waals surface area contributed by atoms with Crippen molar-refractivity contribution in [1.29, 1.82) is 0 Å². The zero-order valence-corrected chi connectivity index (χ0v) is 14.2. The van der Waals surface area contributed by atoms with Crippen LogP contribution in [0.1, 0.15) is 23.7 Å². The zero-order valence-electron chi connectivity index (χ0n) is 12.6. The van der Waals surface area contributed by atoms with Crippen LogP contribution in [0.4, 0.5) is 0 Å². The van der Waals surface area contributed by atoms with Gasteiger partial charge in [-0.1, -0.05) is 11.6 Å². The number of hydrogen-bond donors (Lipinski definition) is 2. The number of nitrogens with zero attached hydrogens (tertiary/aromatic N) is 1. The molecule has 122 valence electrons. The van der Waals surface area contributed by atoms with Gasteiger partial charge in [-0.15, -0.1) is 12.4 Å². The Kier molecular flexibility index (Phi) is 7.13. The predicted molar refractivity (Wildman–Crippen MR) is 89.7 cm³/mol. The summed E-state index contributed by atoms with van der Waals surface area (Å²) in [5.41, 5.74) is 0.490. The third kappa shape index (κ3) is 4.60. The van der Waals surface area contributed by atoms with Crippen molar-refractivity contribution in [2.24, 2.45) is 0 Å². The van der Waals surface area contributed by atoms with Crippen molar-refractivity contribution in [3.05, 3.63) is 34.9 Å². The molecule has 5 nitrogen and oxygen atoms in total. The molecule has 7 heteroatoms. The number of benzene rings is 1. The molecule has 0 spiro atoms. The first-order valence-electron chi connectivity index (χ1n) is 7.03. The lowest BCUT2D eigenvalue weighted by Gasteiger charge is -2.27. The first kappa shape index (κ1) is 18.7. The highest BCUT2D eigenvalue weighted by molar-refractivity contribution is 6.30. The minimum atomic E-state index is -0.557. The van der Waals surface area contributed by atoms with Gasteiger partial charge in [0.05, 0.1) is 0 Å². The minimum absolute atomic E-state index is 0. The number of hydrogen-bond acceptors (Lipinski definition) is 3. The highest BCUT2D eigenvalue weighted by atomic mass is 35.5. The second kappa shape index (κ2) is 8.36. The van der Waals surface area contributed by atoms with Gasteiger partial charge in [-0.2, -0.15) is 0 Å². The zero-order chi connectivity index (χ0) is 15.4. The van der Waals surface area contributed by atoms with Crippen LogP contribution in [0.25, 0.3) is 0 Å². The van der Waals surface area contributed by atoms with Crippen LogP contribution in [-0.4, -0.2) is 48.9 Å². The average molecular weight is 346 g/mol. The quantitative estimate of drug-likeness (QED) is 0.872. The smallest absolute Gasteiger partial charge is 0.251 e. The van der Waals surface area contributed by atoms with Gasteiger partial charge in [-0.3, -0.25) is 9.59 Å². The summed E-state index contributed by atoms with van der Waals surface area (Å²) in [7, 11) is 1.78. The molecule has 1 aliphatic rings. The van der Waals surface area contributed by atoms with E-state index in [1.54, 1.807) is 43.1 Å². The number of carbonyl (C=O) groups excluding carboxylic acids is 2. The lowest BCUT2D eigenvalue weighted by Crippen LogP contribution is -2.49. The van der Waals surface area contributed by atoms with E-state index in [-0.39, 0.29) is 30.3 Å². The van der Waals surface area contributed by atoms with Crippen LogP contribution in [0.5, 0.6) is 0 Å². The van der Waals surface area contributed by atoms with E-state index in [2.05, 4.69) is 10.6 Å². The summed E-state index contributed by atoms with van der Waals surface area (Å²) < 4.78 is 0. The molecule has 1 fully saturated rings. The fraction of sp³-hybridized carbons (Fsp3) is 0.467. The van der Waals surface area contributed by atoms with Crippen molar-refractivity contribution < 1.29 is 9.59 Å². The third-order valence-corrected chi connectivity index (χ3v) is 4.01. The molecule has 0 radical (unpaired) electrons. The molecule has 22 heavy (non-hydrogen) atoms. The maximum absolute atomic E-state index is 12.3. The van der Waals surface area contributed by atoms with Gasteiger partial charge in [0.1, 0.15) is 6.04 Å². The first-order chi connectivity index (χ1) is 9.99. The van der Waals surface area contributed by atoms with Crippen molar-refractivity contribution in [2.45, 2.75) is 25.4 Å². The SMILES string of the molecule is CC(NC(=O)c1ccc(Cl)cc1)C(=O)N(C)C1CCNC1.Cl. The summed E-state index contributed by atoms with van der Waals surface area (Å²) in [5.74, 6) is -0.350. The van der Waals surface area contributed by atoms with E-state index in [9.17, 15) is 9.59 Å². The Labute approximate surface area is 141 Å². The highest BCUT2D eigenvalue weighted by Gasteiger charge is 2.27. The molecule has 2 amide bonds. The number of likely N-dealkylation sites (N-methyl/N-ethyl adjacent to an activating group) is 1. The molecule has 2 atom stereocenters. The van der Waals surface area contributed by atoms with E-state index in [1.165, 1.54) is 0 Å². The van der Waals surface area contributed by atoms with Crippen LogP contribution in [0, 0.1) is 0 Å². The lowest BCUT2D eigenvalue weighted by molar-refractivity contribution is -0.133. The Balaban J connectivity index is 0.00000242. The maximum atomic E-state index is 12.3. The molecular formula is C15H21Cl2N3O2. The van der Waals surface area contributed by atoms with Crippen LogP contribution in [0.15, 0.2) is 24.3 Å². The van der Waals surface area contributed by atoms with Crippen LogP contribution < -0.4 is 10.6 Å². The Bertz CT molecular complexity index is 516. The first-order valence-corrected chi connectivity index (χ1v) is 7.40. The monoisotopic (exact) mass is 345 g/mol. The van der Waals surface area contributed by atoms with Crippen molar-refractivity contribution in [3.63, 3.8) is 0 Å². The number of amides is 2. The number of nitrogens with one attached hydrogen (secondary N) is 2. The third-order valence-electron chi connectivity index (χ3n) is 3.75. The Morgan fingerprint density at radius 3 is 2.55 bits per heavy atom. The largest absolute Gasteiger partial charge is 0.341 e. The van der Waals surface area contributed by atoms with Crippen LogP contribution in [0.3, 0.4) is 0 Å². The molecule has 0 aromatic heterocycles. The standard InChI is InChI=1S/C15H20ClN3O2.ClH/c1-10(15(21)19(2)13-7-8-17-9-13)18-14(20)11-3-5-12(16)6-4-11;/h3-6,10,13,17H,7-9H2,1-2H3,(H,18,20);1H. The Hall–Kier alpha value is -1.30. The molecule has 1 heterocycles. The normalized spacial score (nSPS) is 18.2.